The minimum absolute atomic E-state index is 0.0821. The Bertz CT molecular complexity index is 738. The summed E-state index contributed by atoms with van der Waals surface area (Å²) >= 11 is 0. The van der Waals surface area contributed by atoms with Crippen LogP contribution in [0.3, 0.4) is 0 Å². The average molecular weight is 356 g/mol. The lowest BCUT2D eigenvalue weighted by Crippen LogP contribution is -2.45. The average Bonchev–Trinajstić information content (AvgIpc) is 2.66. The molecule has 0 bridgehead atoms. The fraction of sp³-hybridized carbons (Fsp3) is 0.421. The van der Waals surface area contributed by atoms with Crippen molar-refractivity contribution in [3.05, 3.63) is 36.4 Å². The van der Waals surface area contributed by atoms with Crippen LogP contribution in [0, 0.1) is 5.92 Å². The van der Waals surface area contributed by atoms with Crippen molar-refractivity contribution >= 4 is 29.2 Å². The van der Waals surface area contributed by atoms with Gasteiger partial charge < -0.3 is 20.9 Å². The van der Waals surface area contributed by atoms with Crippen molar-refractivity contribution in [1.29, 1.82) is 0 Å². The number of primary amides is 1. The number of fused-ring (bicyclic) bond motifs is 1. The van der Waals surface area contributed by atoms with Crippen LogP contribution in [-0.2, 0) is 16.0 Å². The van der Waals surface area contributed by atoms with Crippen LogP contribution < -0.4 is 16.0 Å². The number of hydrogen-bond acceptors (Lipinski definition) is 3. The summed E-state index contributed by atoms with van der Waals surface area (Å²) in [6, 6.07) is 4.92. The van der Waals surface area contributed by atoms with E-state index in [1.165, 1.54) is 6.08 Å². The first kappa shape index (κ1) is 18.0. The fourth-order valence-corrected chi connectivity index (χ4v) is 3.80. The van der Waals surface area contributed by atoms with Gasteiger partial charge in [-0.15, -0.1) is 0 Å². The third-order valence-electron chi connectivity index (χ3n) is 5.10. The number of nitrogens with zero attached hydrogens (tertiary/aromatic N) is 2. The number of nitrogens with two attached hydrogens (primary N) is 1. The molecule has 0 radical (unpaired) electrons. The quantitative estimate of drug-likeness (QED) is 0.810. The fourth-order valence-electron chi connectivity index (χ4n) is 3.80. The maximum atomic E-state index is 13.1. The number of likely N-dealkylation sites (tertiary alicyclic amines) is 1. The summed E-state index contributed by atoms with van der Waals surface area (Å²) in [5, 5.41) is 2.64. The lowest BCUT2D eigenvalue weighted by atomic mass is 9.92. The number of nitrogens with one attached hydrogen (secondary N) is 1. The van der Waals surface area contributed by atoms with Crippen molar-refractivity contribution in [3.8, 4) is 0 Å². The first-order valence-electron chi connectivity index (χ1n) is 8.92. The highest BCUT2D eigenvalue weighted by molar-refractivity contribution is 5.98. The number of anilines is 2. The van der Waals surface area contributed by atoms with Gasteiger partial charge in [0.25, 0.3) is 0 Å². The van der Waals surface area contributed by atoms with Gasteiger partial charge in [-0.05, 0) is 49.5 Å². The van der Waals surface area contributed by atoms with E-state index in [-0.39, 0.29) is 17.7 Å². The van der Waals surface area contributed by atoms with Crippen LogP contribution in [0.1, 0.15) is 24.8 Å². The smallest absolute Gasteiger partial charge is 0.316 e. The molecular weight excluding hydrogens is 332 g/mol. The van der Waals surface area contributed by atoms with E-state index in [4.69, 9.17) is 5.73 Å². The van der Waals surface area contributed by atoms with Gasteiger partial charge in [-0.25, -0.2) is 4.79 Å². The van der Waals surface area contributed by atoms with Gasteiger partial charge in [0.15, 0.2) is 0 Å². The summed E-state index contributed by atoms with van der Waals surface area (Å²) in [6.07, 6.45) is 4.26. The first-order chi connectivity index (χ1) is 12.5. The van der Waals surface area contributed by atoms with E-state index in [1.54, 1.807) is 11.0 Å². The zero-order valence-corrected chi connectivity index (χ0v) is 14.7. The molecule has 1 fully saturated rings. The molecule has 1 aromatic rings. The summed E-state index contributed by atoms with van der Waals surface area (Å²) < 4.78 is 0. The second-order valence-corrected chi connectivity index (χ2v) is 6.69. The van der Waals surface area contributed by atoms with Gasteiger partial charge >= 0.3 is 6.03 Å². The molecule has 2 aliphatic rings. The predicted octanol–water partition coefficient (Wildman–Crippen LogP) is 1.88. The molecule has 7 heteroatoms. The number of carbonyl (C=O) groups excluding carboxylic acids is 3. The SMILES string of the molecule is C=CC(=O)N1CCC(C(=O)N2CCCc3c(NC(N)=O)cccc32)CC1. The Hall–Kier alpha value is -2.83. The molecule has 0 aromatic heterocycles. The zero-order valence-electron chi connectivity index (χ0n) is 14.7. The standard InChI is InChI=1S/C19H24N4O3/c1-2-17(24)22-11-8-13(9-12-22)18(25)23-10-4-5-14-15(21-19(20)26)6-3-7-16(14)23/h2-3,6-7,13H,1,4-5,8-12H2,(H3,20,21,26). The Balaban J connectivity index is 1.75. The molecule has 0 unspecified atom stereocenters. The molecule has 2 aliphatic heterocycles. The molecule has 7 nitrogen and oxygen atoms in total. The Morgan fingerprint density at radius 2 is 1.92 bits per heavy atom. The highest BCUT2D eigenvalue weighted by Gasteiger charge is 2.32. The van der Waals surface area contributed by atoms with Crippen LogP contribution in [0.25, 0.3) is 0 Å². The largest absolute Gasteiger partial charge is 0.351 e. The van der Waals surface area contributed by atoms with Crippen LogP contribution in [0.5, 0.6) is 0 Å². The van der Waals surface area contributed by atoms with Crippen molar-refractivity contribution in [2.75, 3.05) is 29.9 Å². The van der Waals surface area contributed by atoms with Crippen LogP contribution >= 0.6 is 0 Å². The van der Waals surface area contributed by atoms with Crippen LogP contribution in [0.4, 0.5) is 16.2 Å². The van der Waals surface area contributed by atoms with Crippen LogP contribution in [0.2, 0.25) is 0 Å². The summed E-state index contributed by atoms with van der Waals surface area (Å²) in [5.41, 5.74) is 7.71. The van der Waals surface area contributed by atoms with Gasteiger partial charge in [0.1, 0.15) is 0 Å². The normalized spacial score (nSPS) is 17.4. The Kier molecular flexibility index (Phi) is 5.25. The van der Waals surface area contributed by atoms with Gasteiger partial charge in [0, 0.05) is 36.9 Å². The summed E-state index contributed by atoms with van der Waals surface area (Å²) in [7, 11) is 0. The van der Waals surface area contributed by atoms with Crippen molar-refractivity contribution in [1.82, 2.24) is 4.90 Å². The van der Waals surface area contributed by atoms with E-state index in [1.807, 2.05) is 17.0 Å². The zero-order chi connectivity index (χ0) is 18.7. The molecule has 0 saturated carbocycles. The third-order valence-corrected chi connectivity index (χ3v) is 5.10. The second-order valence-electron chi connectivity index (χ2n) is 6.69. The van der Waals surface area contributed by atoms with E-state index in [2.05, 4.69) is 11.9 Å². The molecule has 3 rings (SSSR count). The number of benzene rings is 1. The van der Waals surface area contributed by atoms with Crippen LogP contribution in [0.15, 0.2) is 30.9 Å². The van der Waals surface area contributed by atoms with E-state index >= 15 is 0 Å². The van der Waals surface area contributed by atoms with Gasteiger partial charge in [-0.3, -0.25) is 9.59 Å². The van der Waals surface area contributed by atoms with E-state index in [9.17, 15) is 14.4 Å². The first-order valence-corrected chi connectivity index (χ1v) is 8.92. The van der Waals surface area contributed by atoms with E-state index < -0.39 is 6.03 Å². The van der Waals surface area contributed by atoms with Gasteiger partial charge in [0.05, 0.1) is 0 Å². The highest BCUT2D eigenvalue weighted by atomic mass is 16.2. The lowest BCUT2D eigenvalue weighted by Gasteiger charge is -2.36. The third kappa shape index (κ3) is 3.56. The molecule has 3 N–H and O–H groups in total. The highest BCUT2D eigenvalue weighted by Crippen LogP contribution is 2.34. The topological polar surface area (TPSA) is 95.7 Å². The number of rotatable bonds is 3. The van der Waals surface area contributed by atoms with Crippen molar-refractivity contribution in [3.63, 3.8) is 0 Å². The maximum Gasteiger partial charge on any atom is 0.316 e. The van der Waals surface area contributed by atoms with Gasteiger partial charge in [0.2, 0.25) is 11.8 Å². The Labute approximate surface area is 152 Å². The second kappa shape index (κ2) is 7.59. The number of carbonyl (C=O) groups is 3. The molecule has 0 atom stereocenters. The van der Waals surface area contributed by atoms with Crippen LogP contribution in [-0.4, -0.2) is 42.4 Å². The monoisotopic (exact) mass is 356 g/mol. The van der Waals surface area contributed by atoms with Crippen molar-refractivity contribution < 1.29 is 14.4 Å². The molecule has 1 aromatic carbocycles. The van der Waals surface area contributed by atoms with E-state index in [0.717, 1.165) is 24.1 Å². The van der Waals surface area contributed by atoms with Crippen molar-refractivity contribution in [2.24, 2.45) is 11.7 Å². The number of hydrogen-bond donors (Lipinski definition) is 2. The molecule has 1 saturated heterocycles. The number of urea groups is 1. The predicted molar refractivity (Wildman–Crippen MR) is 99.8 cm³/mol. The molecule has 4 amide bonds. The number of piperidine rings is 1. The van der Waals surface area contributed by atoms with Gasteiger partial charge in [-0.2, -0.15) is 0 Å². The Morgan fingerprint density at radius 1 is 1.19 bits per heavy atom. The maximum absolute atomic E-state index is 13.1. The Morgan fingerprint density at radius 3 is 2.58 bits per heavy atom. The minimum atomic E-state index is -0.610. The lowest BCUT2D eigenvalue weighted by molar-refractivity contribution is -0.131. The summed E-state index contributed by atoms with van der Waals surface area (Å²) in [5.74, 6) is -0.0863. The molecule has 0 aliphatic carbocycles. The molecule has 26 heavy (non-hydrogen) atoms. The minimum Gasteiger partial charge on any atom is -0.351 e. The molecule has 138 valence electrons. The number of amides is 4. The van der Waals surface area contributed by atoms with Crippen molar-refractivity contribution in [2.45, 2.75) is 25.7 Å². The molecular formula is C19H24N4O3. The summed E-state index contributed by atoms with van der Waals surface area (Å²) in [4.78, 5) is 39.6. The summed E-state index contributed by atoms with van der Waals surface area (Å²) in [6.45, 7) is 5.33. The molecule has 0 spiro atoms. The molecule has 2 heterocycles. The van der Waals surface area contributed by atoms with Gasteiger partial charge in [-0.1, -0.05) is 12.6 Å². The van der Waals surface area contributed by atoms with E-state index in [0.29, 0.717) is 38.2 Å².